The minimum absolute atomic E-state index is 0.221. The van der Waals surface area contributed by atoms with E-state index in [1.807, 2.05) is 37.3 Å². The van der Waals surface area contributed by atoms with Crippen LogP contribution in [0.4, 0.5) is 0 Å². The van der Waals surface area contributed by atoms with Gasteiger partial charge in [0, 0.05) is 26.1 Å². The molecule has 0 amide bonds. The van der Waals surface area contributed by atoms with Crippen molar-refractivity contribution in [2.45, 2.75) is 25.3 Å². The fraction of sp³-hybridized carbons (Fsp3) is 0.235. The Hall–Kier alpha value is -2.18. The van der Waals surface area contributed by atoms with Crippen LogP contribution in [0.15, 0.2) is 57.8 Å². The summed E-state index contributed by atoms with van der Waals surface area (Å²) < 4.78 is 32.7. The van der Waals surface area contributed by atoms with Gasteiger partial charge in [0.2, 0.25) is 10.0 Å². The molecule has 1 aromatic heterocycles. The van der Waals surface area contributed by atoms with Crippen molar-refractivity contribution < 1.29 is 12.8 Å². The van der Waals surface area contributed by atoms with Gasteiger partial charge in [0.15, 0.2) is 11.5 Å². The molecule has 3 aromatic rings. The highest BCUT2D eigenvalue weighted by Gasteiger charge is 2.24. The number of oxazole rings is 1. The van der Waals surface area contributed by atoms with Gasteiger partial charge in [0.05, 0.1) is 4.90 Å². The number of hydrogen-bond donors (Lipinski definition) is 0. The van der Waals surface area contributed by atoms with Gasteiger partial charge >= 0.3 is 0 Å². The van der Waals surface area contributed by atoms with Crippen molar-refractivity contribution in [3.63, 3.8) is 0 Å². The molecule has 0 radical (unpaired) electrons. The first-order valence-electron chi connectivity index (χ1n) is 7.42. The van der Waals surface area contributed by atoms with Crippen LogP contribution in [-0.4, -0.2) is 24.3 Å². The van der Waals surface area contributed by atoms with Gasteiger partial charge in [-0.25, -0.2) is 13.4 Å². The Balaban J connectivity index is 1.96. The monoisotopic (exact) mass is 330 g/mol. The Bertz CT molecular complexity index is 917. The Kier molecular flexibility index (Phi) is 4.19. The quantitative estimate of drug-likeness (QED) is 0.720. The lowest BCUT2D eigenvalue weighted by Gasteiger charge is -2.20. The lowest BCUT2D eigenvalue weighted by Crippen LogP contribution is -2.30. The van der Waals surface area contributed by atoms with E-state index in [0.29, 0.717) is 30.1 Å². The van der Waals surface area contributed by atoms with E-state index in [1.165, 1.54) is 4.31 Å². The van der Waals surface area contributed by atoms with E-state index >= 15 is 0 Å². The molecule has 2 aromatic carbocycles. The third-order valence-corrected chi connectivity index (χ3v) is 5.58. The van der Waals surface area contributed by atoms with Crippen LogP contribution in [0, 0.1) is 6.92 Å². The molecule has 0 fully saturated rings. The highest BCUT2D eigenvalue weighted by Crippen LogP contribution is 2.23. The van der Waals surface area contributed by atoms with Crippen LogP contribution < -0.4 is 0 Å². The maximum atomic E-state index is 12.9. The molecule has 0 unspecified atom stereocenters. The molecule has 0 bridgehead atoms. The number of sulfonamides is 1. The molecule has 3 rings (SSSR count). The summed E-state index contributed by atoms with van der Waals surface area (Å²) in [6.07, 6.45) is 0. The number of benzene rings is 2. The average molecular weight is 330 g/mol. The van der Waals surface area contributed by atoms with Crippen molar-refractivity contribution in [2.24, 2.45) is 0 Å². The van der Waals surface area contributed by atoms with Gasteiger partial charge in [-0.1, -0.05) is 37.3 Å². The van der Waals surface area contributed by atoms with Crippen molar-refractivity contribution in [3.8, 4) is 0 Å². The fourth-order valence-electron chi connectivity index (χ4n) is 2.48. The summed E-state index contributed by atoms with van der Waals surface area (Å²) in [5.74, 6) is 0.520. The van der Waals surface area contributed by atoms with E-state index in [4.69, 9.17) is 4.42 Å². The SMILES string of the molecule is CCN(Cc1ccccc1)S(=O)(=O)c1ccc2nc(C)oc2c1. The third-order valence-electron chi connectivity index (χ3n) is 3.66. The minimum Gasteiger partial charge on any atom is -0.441 e. The summed E-state index contributed by atoms with van der Waals surface area (Å²) in [7, 11) is -3.59. The van der Waals surface area contributed by atoms with Gasteiger partial charge in [-0.2, -0.15) is 4.31 Å². The number of rotatable bonds is 5. The number of aryl methyl sites for hydroxylation is 1. The van der Waals surface area contributed by atoms with Crippen molar-refractivity contribution >= 4 is 21.1 Å². The Morgan fingerprint density at radius 2 is 1.87 bits per heavy atom. The number of aromatic nitrogens is 1. The number of nitrogens with zero attached hydrogens (tertiary/aromatic N) is 2. The zero-order valence-corrected chi connectivity index (χ0v) is 13.9. The van der Waals surface area contributed by atoms with Crippen LogP contribution in [0.3, 0.4) is 0 Å². The van der Waals surface area contributed by atoms with Crippen LogP contribution in [-0.2, 0) is 16.6 Å². The molecule has 0 atom stereocenters. The van der Waals surface area contributed by atoms with Crippen molar-refractivity contribution in [1.82, 2.24) is 9.29 Å². The maximum Gasteiger partial charge on any atom is 0.243 e. The lowest BCUT2D eigenvalue weighted by atomic mass is 10.2. The van der Waals surface area contributed by atoms with Crippen molar-refractivity contribution in [3.05, 3.63) is 60.0 Å². The number of hydrogen-bond acceptors (Lipinski definition) is 4. The second-order valence-electron chi connectivity index (χ2n) is 5.28. The topological polar surface area (TPSA) is 63.4 Å². The van der Waals surface area contributed by atoms with Crippen LogP contribution in [0.1, 0.15) is 18.4 Å². The summed E-state index contributed by atoms with van der Waals surface area (Å²) >= 11 is 0. The highest BCUT2D eigenvalue weighted by molar-refractivity contribution is 7.89. The Labute approximate surface area is 135 Å². The normalized spacial score (nSPS) is 12.1. The molecular formula is C17H18N2O3S. The number of fused-ring (bicyclic) bond motifs is 1. The molecule has 120 valence electrons. The zero-order valence-electron chi connectivity index (χ0n) is 13.1. The Morgan fingerprint density at radius 1 is 1.13 bits per heavy atom. The molecule has 5 nitrogen and oxygen atoms in total. The highest BCUT2D eigenvalue weighted by atomic mass is 32.2. The van der Waals surface area contributed by atoms with E-state index in [-0.39, 0.29) is 4.90 Å². The predicted octanol–water partition coefficient (Wildman–Crippen LogP) is 3.35. The first kappa shape index (κ1) is 15.7. The zero-order chi connectivity index (χ0) is 16.4. The molecule has 1 heterocycles. The van der Waals surface area contributed by atoms with E-state index in [2.05, 4.69) is 4.98 Å². The molecule has 0 aliphatic carbocycles. The van der Waals surface area contributed by atoms with E-state index in [9.17, 15) is 8.42 Å². The molecule has 23 heavy (non-hydrogen) atoms. The maximum absolute atomic E-state index is 12.9. The van der Waals surface area contributed by atoms with Crippen LogP contribution >= 0.6 is 0 Å². The van der Waals surface area contributed by atoms with E-state index in [0.717, 1.165) is 5.56 Å². The molecule has 0 N–H and O–H groups in total. The third kappa shape index (κ3) is 3.13. The minimum atomic E-state index is -3.59. The van der Waals surface area contributed by atoms with Gasteiger partial charge in [0.25, 0.3) is 0 Å². The second kappa shape index (κ2) is 6.14. The fourth-order valence-corrected chi connectivity index (χ4v) is 3.94. The first-order chi connectivity index (χ1) is 11.0. The first-order valence-corrected chi connectivity index (χ1v) is 8.86. The standard InChI is InChI=1S/C17H18N2O3S/c1-3-19(12-14-7-5-4-6-8-14)23(20,21)15-9-10-16-17(11-15)22-13(2)18-16/h4-11H,3,12H2,1-2H3. The van der Waals surface area contributed by atoms with Crippen LogP contribution in [0.2, 0.25) is 0 Å². The predicted molar refractivity (Wildman–Crippen MR) is 88.5 cm³/mol. The molecular weight excluding hydrogens is 312 g/mol. The largest absolute Gasteiger partial charge is 0.441 e. The molecule has 0 aliphatic rings. The van der Waals surface area contributed by atoms with Gasteiger partial charge in [-0.3, -0.25) is 0 Å². The summed E-state index contributed by atoms with van der Waals surface area (Å²) in [6, 6.07) is 14.3. The summed E-state index contributed by atoms with van der Waals surface area (Å²) in [5.41, 5.74) is 2.10. The smallest absolute Gasteiger partial charge is 0.243 e. The lowest BCUT2D eigenvalue weighted by molar-refractivity contribution is 0.423. The van der Waals surface area contributed by atoms with Gasteiger partial charge in [-0.15, -0.1) is 0 Å². The van der Waals surface area contributed by atoms with Gasteiger partial charge < -0.3 is 4.42 Å². The average Bonchev–Trinajstić information content (AvgIpc) is 2.92. The van der Waals surface area contributed by atoms with Crippen molar-refractivity contribution in [1.29, 1.82) is 0 Å². The molecule has 0 aliphatic heterocycles. The second-order valence-corrected chi connectivity index (χ2v) is 7.22. The van der Waals surface area contributed by atoms with Crippen molar-refractivity contribution in [2.75, 3.05) is 6.54 Å². The molecule has 0 saturated carbocycles. The molecule has 0 spiro atoms. The van der Waals surface area contributed by atoms with Gasteiger partial charge in [0.1, 0.15) is 5.52 Å². The summed E-state index contributed by atoms with van der Waals surface area (Å²) in [4.78, 5) is 4.42. The van der Waals surface area contributed by atoms with Crippen LogP contribution in [0.25, 0.3) is 11.1 Å². The molecule has 6 heteroatoms. The van der Waals surface area contributed by atoms with Crippen LogP contribution in [0.5, 0.6) is 0 Å². The van der Waals surface area contributed by atoms with E-state index < -0.39 is 10.0 Å². The molecule has 0 saturated heterocycles. The Morgan fingerprint density at radius 3 is 2.57 bits per heavy atom. The van der Waals surface area contributed by atoms with E-state index in [1.54, 1.807) is 25.1 Å². The summed E-state index contributed by atoms with van der Waals surface area (Å²) in [5, 5.41) is 0. The van der Waals surface area contributed by atoms with Gasteiger partial charge in [-0.05, 0) is 17.7 Å². The summed E-state index contributed by atoms with van der Waals surface area (Å²) in [6.45, 7) is 4.30.